The molecule has 5 heteroatoms. The topological polar surface area (TPSA) is 51.8 Å². The van der Waals surface area contributed by atoms with Gasteiger partial charge in [0, 0.05) is 59.8 Å². The van der Waals surface area contributed by atoms with E-state index in [4.69, 9.17) is 19.4 Å². The Balaban J connectivity index is 1.07. The van der Waals surface area contributed by atoms with Gasteiger partial charge in [0.25, 0.3) is 0 Å². The van der Waals surface area contributed by atoms with Gasteiger partial charge in [0.1, 0.15) is 11.3 Å². The SMILES string of the molecule is C1=CC(c2nc(C3=CCCc4oc5c(-c6cc7sc8ccccc8c7c7ccccc67)cccc5c43)nc(-c3ccc(-c4ccccc4)cc3)n2)=CCC1. The van der Waals surface area contributed by atoms with Crippen LogP contribution in [0.1, 0.15) is 42.2 Å². The van der Waals surface area contributed by atoms with Crippen LogP contribution in [0, 0.1) is 0 Å². The maximum atomic E-state index is 6.93. The number of benzene rings is 6. The number of aryl methyl sites for hydroxylation is 1. The maximum absolute atomic E-state index is 6.93. The van der Waals surface area contributed by atoms with E-state index in [0.717, 1.165) is 75.8 Å². The van der Waals surface area contributed by atoms with Gasteiger partial charge in [-0.2, -0.15) is 0 Å². The van der Waals surface area contributed by atoms with Gasteiger partial charge in [0.15, 0.2) is 17.5 Å². The first kappa shape index (κ1) is 31.1. The van der Waals surface area contributed by atoms with Crippen molar-refractivity contribution in [3.05, 3.63) is 175 Å². The van der Waals surface area contributed by atoms with E-state index in [1.807, 2.05) is 17.4 Å². The Morgan fingerprint density at radius 3 is 2.09 bits per heavy atom. The summed E-state index contributed by atoms with van der Waals surface area (Å²) in [6.07, 6.45) is 12.5. The molecule has 2 aliphatic carbocycles. The summed E-state index contributed by atoms with van der Waals surface area (Å²) in [7, 11) is 0. The van der Waals surface area contributed by atoms with Crippen molar-refractivity contribution in [1.82, 2.24) is 15.0 Å². The number of furan rings is 1. The number of nitrogens with zero attached hydrogens (tertiary/aromatic N) is 3. The molecule has 11 rings (SSSR count). The average Bonchev–Trinajstić information content (AvgIpc) is 3.83. The van der Waals surface area contributed by atoms with E-state index >= 15 is 0 Å². The predicted molar refractivity (Wildman–Crippen MR) is 224 cm³/mol. The molecule has 9 aromatic rings. The lowest BCUT2D eigenvalue weighted by Gasteiger charge is -2.15. The molecule has 0 saturated carbocycles. The molecule has 0 atom stereocenters. The molecule has 0 saturated heterocycles. The van der Waals surface area contributed by atoms with Crippen LogP contribution in [0.2, 0.25) is 0 Å². The van der Waals surface area contributed by atoms with E-state index in [9.17, 15) is 0 Å². The minimum Gasteiger partial charge on any atom is -0.460 e. The van der Waals surface area contributed by atoms with Crippen molar-refractivity contribution in [2.45, 2.75) is 25.7 Å². The summed E-state index contributed by atoms with van der Waals surface area (Å²) in [5.74, 6) is 3.02. The van der Waals surface area contributed by atoms with Crippen LogP contribution in [-0.4, -0.2) is 15.0 Å². The average molecular weight is 712 g/mol. The van der Waals surface area contributed by atoms with Crippen LogP contribution in [-0.2, 0) is 6.42 Å². The second-order valence-electron chi connectivity index (χ2n) is 14.1. The molecule has 54 heavy (non-hydrogen) atoms. The molecule has 6 aromatic carbocycles. The van der Waals surface area contributed by atoms with Crippen molar-refractivity contribution in [1.29, 1.82) is 0 Å². The molecule has 0 unspecified atom stereocenters. The van der Waals surface area contributed by atoms with Gasteiger partial charge in [-0.15, -0.1) is 11.3 Å². The number of aromatic nitrogens is 3. The summed E-state index contributed by atoms with van der Waals surface area (Å²) in [4.78, 5) is 15.4. The monoisotopic (exact) mass is 711 g/mol. The Bertz CT molecular complexity index is 3040. The van der Waals surface area contributed by atoms with Crippen LogP contribution in [0.4, 0.5) is 0 Å². The Hall–Kier alpha value is -6.43. The number of thiophene rings is 1. The molecule has 256 valence electrons. The van der Waals surface area contributed by atoms with Crippen LogP contribution < -0.4 is 0 Å². The highest BCUT2D eigenvalue weighted by molar-refractivity contribution is 7.26. The highest BCUT2D eigenvalue weighted by Crippen LogP contribution is 2.46. The van der Waals surface area contributed by atoms with Gasteiger partial charge in [0.2, 0.25) is 0 Å². The minimum absolute atomic E-state index is 0.666. The summed E-state index contributed by atoms with van der Waals surface area (Å²) < 4.78 is 9.52. The van der Waals surface area contributed by atoms with Crippen LogP contribution in [0.3, 0.4) is 0 Å². The molecule has 0 N–H and O–H groups in total. The molecule has 0 spiro atoms. The van der Waals surface area contributed by atoms with Crippen molar-refractivity contribution in [3.63, 3.8) is 0 Å². The van der Waals surface area contributed by atoms with Crippen molar-refractivity contribution in [2.75, 3.05) is 0 Å². The standard InChI is InChI=1S/C49H33N3OS/c1-3-13-30(14-4-1)31-25-27-33(28-26-31)48-50-47(32-15-5-2-6-16-32)51-49(52-48)39-22-12-23-41-44(39)38-21-11-20-36(46(38)53-41)40-29-43-45(35-18-8-7-17-34(35)40)37-19-9-10-24-42(37)54-43/h1,3-5,7-11,13-22,24-29H,2,6,12,23H2. The second-order valence-corrected chi connectivity index (χ2v) is 15.2. The van der Waals surface area contributed by atoms with Crippen molar-refractivity contribution in [2.24, 2.45) is 0 Å². The zero-order chi connectivity index (χ0) is 35.6. The number of rotatable bonds is 5. The van der Waals surface area contributed by atoms with Gasteiger partial charge in [-0.05, 0) is 58.9 Å². The van der Waals surface area contributed by atoms with Crippen LogP contribution in [0.5, 0.6) is 0 Å². The molecule has 2 aliphatic rings. The summed E-state index contributed by atoms with van der Waals surface area (Å²) >= 11 is 1.86. The Labute approximate surface area is 316 Å². The van der Waals surface area contributed by atoms with E-state index in [2.05, 4.69) is 146 Å². The summed E-state index contributed by atoms with van der Waals surface area (Å²) in [6, 6.07) is 45.5. The third-order valence-electron chi connectivity index (χ3n) is 10.8. The number of hydrogen-bond acceptors (Lipinski definition) is 5. The molecular formula is C49H33N3OS. The lowest BCUT2D eigenvalue weighted by molar-refractivity contribution is 0.546. The molecular weight excluding hydrogens is 679 g/mol. The zero-order valence-corrected chi connectivity index (χ0v) is 30.2. The first-order chi connectivity index (χ1) is 26.8. The first-order valence-electron chi connectivity index (χ1n) is 18.6. The van der Waals surface area contributed by atoms with Crippen LogP contribution in [0.15, 0.2) is 156 Å². The fourth-order valence-corrected chi connectivity index (χ4v) is 9.45. The number of hydrogen-bond donors (Lipinski definition) is 0. The molecule has 4 nitrogen and oxygen atoms in total. The van der Waals surface area contributed by atoms with Crippen molar-refractivity contribution < 1.29 is 4.42 Å². The number of para-hydroxylation sites is 1. The largest absolute Gasteiger partial charge is 0.460 e. The normalized spacial score (nSPS) is 14.1. The lowest BCUT2D eigenvalue weighted by Crippen LogP contribution is -2.08. The first-order valence-corrected chi connectivity index (χ1v) is 19.5. The van der Waals surface area contributed by atoms with Gasteiger partial charge in [-0.25, -0.2) is 15.0 Å². The molecule has 0 radical (unpaired) electrons. The Kier molecular flexibility index (Phi) is 7.27. The fraction of sp³-hybridized carbons (Fsp3) is 0.0816. The summed E-state index contributed by atoms with van der Waals surface area (Å²) in [5, 5.41) is 6.21. The van der Waals surface area contributed by atoms with Crippen LogP contribution >= 0.6 is 11.3 Å². The Morgan fingerprint density at radius 1 is 0.519 bits per heavy atom. The van der Waals surface area contributed by atoms with Crippen molar-refractivity contribution >= 4 is 64.4 Å². The molecule has 3 heterocycles. The highest BCUT2D eigenvalue weighted by atomic mass is 32.1. The van der Waals surface area contributed by atoms with E-state index in [0.29, 0.717) is 17.5 Å². The molecule has 0 bridgehead atoms. The van der Waals surface area contributed by atoms with Gasteiger partial charge < -0.3 is 4.42 Å². The quantitative estimate of drug-likeness (QED) is 0.178. The maximum Gasteiger partial charge on any atom is 0.164 e. The molecule has 0 aliphatic heterocycles. The van der Waals surface area contributed by atoms with E-state index in [1.165, 1.54) is 42.1 Å². The van der Waals surface area contributed by atoms with E-state index in [1.54, 1.807) is 0 Å². The molecule has 0 fully saturated rings. The molecule has 0 amide bonds. The summed E-state index contributed by atoms with van der Waals surface area (Å²) in [6.45, 7) is 0. The van der Waals surface area contributed by atoms with Crippen molar-refractivity contribution in [3.8, 4) is 33.6 Å². The van der Waals surface area contributed by atoms with Gasteiger partial charge >= 0.3 is 0 Å². The predicted octanol–water partition coefficient (Wildman–Crippen LogP) is 13.3. The van der Waals surface area contributed by atoms with E-state index in [-0.39, 0.29) is 0 Å². The second kappa shape index (κ2) is 12.6. The van der Waals surface area contributed by atoms with Crippen LogP contribution in [0.25, 0.3) is 86.7 Å². The third kappa shape index (κ3) is 5.07. The minimum atomic E-state index is 0.666. The number of fused-ring (bicyclic) bond motifs is 8. The van der Waals surface area contributed by atoms with Gasteiger partial charge in [-0.1, -0.05) is 140 Å². The summed E-state index contributed by atoms with van der Waals surface area (Å²) in [5.41, 5.74) is 9.62. The zero-order valence-electron chi connectivity index (χ0n) is 29.4. The number of allylic oxidation sites excluding steroid dienone is 5. The Morgan fingerprint density at radius 2 is 1.24 bits per heavy atom. The third-order valence-corrected chi connectivity index (χ3v) is 12.0. The smallest absolute Gasteiger partial charge is 0.164 e. The van der Waals surface area contributed by atoms with Gasteiger partial charge in [0.05, 0.1) is 0 Å². The highest BCUT2D eigenvalue weighted by Gasteiger charge is 2.27. The lowest BCUT2D eigenvalue weighted by atomic mass is 9.91. The fourth-order valence-electron chi connectivity index (χ4n) is 8.29. The van der Waals surface area contributed by atoms with Gasteiger partial charge in [-0.3, -0.25) is 0 Å². The molecule has 3 aromatic heterocycles. The van der Waals surface area contributed by atoms with E-state index < -0.39 is 0 Å².